The van der Waals surface area contributed by atoms with Crippen molar-refractivity contribution in [1.82, 2.24) is 9.97 Å². The number of hydrogen-bond donors (Lipinski definition) is 0. The third kappa shape index (κ3) is 5.18. The van der Waals surface area contributed by atoms with E-state index in [2.05, 4.69) is 51.3 Å². The molecule has 0 aliphatic rings. The summed E-state index contributed by atoms with van der Waals surface area (Å²) in [4.78, 5) is 10.6. The highest BCUT2D eigenvalue weighted by Crippen LogP contribution is 2.24. The topological polar surface area (TPSA) is 38.2 Å². The van der Waals surface area contributed by atoms with E-state index < -0.39 is 0 Å². The molecule has 6 heteroatoms. The van der Waals surface area contributed by atoms with Gasteiger partial charge in [-0.3, -0.25) is 4.98 Å². The zero-order chi connectivity index (χ0) is 22.3. The van der Waals surface area contributed by atoms with Crippen molar-refractivity contribution in [2.45, 2.75) is 0 Å². The SMILES string of the molecule is CN(C)c1ccc(/C(=C/c2nccnc2Cl)OB(c2ccccc2)c2ccccc2)cc1. The van der Waals surface area contributed by atoms with Crippen molar-refractivity contribution in [3.63, 3.8) is 0 Å². The highest BCUT2D eigenvalue weighted by molar-refractivity contribution is 6.80. The molecule has 4 nitrogen and oxygen atoms in total. The van der Waals surface area contributed by atoms with E-state index in [9.17, 15) is 0 Å². The molecular weight excluding hydrogens is 417 g/mol. The van der Waals surface area contributed by atoms with Crippen molar-refractivity contribution in [1.29, 1.82) is 0 Å². The Balaban J connectivity index is 1.80. The van der Waals surface area contributed by atoms with Gasteiger partial charge in [-0.15, -0.1) is 0 Å². The van der Waals surface area contributed by atoms with Crippen molar-refractivity contribution >= 4 is 47.0 Å². The van der Waals surface area contributed by atoms with E-state index in [1.807, 2.05) is 68.7 Å². The van der Waals surface area contributed by atoms with Crippen molar-refractivity contribution in [2.75, 3.05) is 19.0 Å². The first-order valence-corrected chi connectivity index (χ1v) is 10.7. The Labute approximate surface area is 194 Å². The van der Waals surface area contributed by atoms with Gasteiger partial charge in [0.25, 0.3) is 0 Å². The van der Waals surface area contributed by atoms with Gasteiger partial charge in [0.05, 0.1) is 0 Å². The molecule has 1 aromatic heterocycles. The van der Waals surface area contributed by atoms with Crippen LogP contribution in [0.15, 0.2) is 97.3 Å². The van der Waals surface area contributed by atoms with Crippen LogP contribution in [0.3, 0.4) is 0 Å². The number of benzene rings is 3. The van der Waals surface area contributed by atoms with E-state index >= 15 is 0 Å². The smallest absolute Gasteiger partial charge is 0.426 e. The van der Waals surface area contributed by atoms with E-state index in [0.717, 1.165) is 22.2 Å². The lowest BCUT2D eigenvalue weighted by molar-refractivity contribution is 0.551. The minimum Gasteiger partial charge on any atom is -0.551 e. The quantitative estimate of drug-likeness (QED) is 0.313. The molecule has 0 bridgehead atoms. The first-order valence-electron chi connectivity index (χ1n) is 10.3. The third-order valence-electron chi connectivity index (χ3n) is 5.07. The summed E-state index contributed by atoms with van der Waals surface area (Å²) >= 11 is 6.31. The molecule has 0 spiro atoms. The molecule has 0 aliphatic heterocycles. The molecule has 4 rings (SSSR count). The van der Waals surface area contributed by atoms with Crippen molar-refractivity contribution in [3.8, 4) is 0 Å². The first-order chi connectivity index (χ1) is 15.6. The molecule has 3 aromatic carbocycles. The average Bonchev–Trinajstić information content (AvgIpc) is 2.84. The molecule has 158 valence electrons. The summed E-state index contributed by atoms with van der Waals surface area (Å²) in [6, 6.07) is 28.6. The molecule has 0 amide bonds. The van der Waals surface area contributed by atoms with E-state index in [-0.39, 0.29) is 6.92 Å². The van der Waals surface area contributed by atoms with Crippen LogP contribution in [0.4, 0.5) is 5.69 Å². The van der Waals surface area contributed by atoms with Crippen LogP contribution in [0.2, 0.25) is 5.15 Å². The van der Waals surface area contributed by atoms with E-state index in [1.165, 1.54) is 0 Å². The predicted octanol–water partition coefficient (Wildman–Crippen LogP) is 4.52. The van der Waals surface area contributed by atoms with Crippen LogP contribution in [-0.4, -0.2) is 31.0 Å². The van der Waals surface area contributed by atoms with Gasteiger partial charge < -0.3 is 9.55 Å². The molecule has 0 unspecified atom stereocenters. The largest absolute Gasteiger partial charge is 0.551 e. The summed E-state index contributed by atoms with van der Waals surface area (Å²) < 4.78 is 6.69. The van der Waals surface area contributed by atoms with Crippen LogP contribution in [0, 0.1) is 0 Å². The van der Waals surface area contributed by atoms with Crippen molar-refractivity contribution in [3.05, 3.63) is 114 Å². The van der Waals surface area contributed by atoms with Crippen LogP contribution in [-0.2, 0) is 4.65 Å². The second kappa shape index (κ2) is 10.2. The fraction of sp³-hybridized carbons (Fsp3) is 0.0769. The molecule has 0 aliphatic carbocycles. The fourth-order valence-electron chi connectivity index (χ4n) is 3.37. The van der Waals surface area contributed by atoms with Gasteiger partial charge >= 0.3 is 6.92 Å². The molecule has 0 N–H and O–H groups in total. The van der Waals surface area contributed by atoms with Gasteiger partial charge in [0.2, 0.25) is 0 Å². The highest BCUT2D eigenvalue weighted by atomic mass is 35.5. The fourth-order valence-corrected chi connectivity index (χ4v) is 3.53. The zero-order valence-electron chi connectivity index (χ0n) is 18.0. The van der Waals surface area contributed by atoms with Gasteiger partial charge in [0.1, 0.15) is 11.5 Å². The van der Waals surface area contributed by atoms with Crippen molar-refractivity contribution < 1.29 is 4.65 Å². The van der Waals surface area contributed by atoms with Crippen molar-refractivity contribution in [2.24, 2.45) is 0 Å². The number of hydrogen-bond acceptors (Lipinski definition) is 4. The standard InChI is InChI=1S/C26H23BClN3O/c1-31(2)23-15-13-20(14-16-23)25(19-24-26(28)30-18-17-29-24)32-27(21-9-5-3-6-10-21)22-11-7-4-8-12-22/h3-19H,1-2H3/b25-19-. The van der Waals surface area contributed by atoms with Crippen LogP contribution in [0.5, 0.6) is 0 Å². The molecule has 0 radical (unpaired) electrons. The summed E-state index contributed by atoms with van der Waals surface area (Å²) in [5.74, 6) is 0.662. The summed E-state index contributed by atoms with van der Waals surface area (Å²) in [5, 5.41) is 0.328. The summed E-state index contributed by atoms with van der Waals surface area (Å²) in [5.41, 5.74) is 4.70. The molecule has 0 saturated carbocycles. The molecular formula is C26H23BClN3O. The summed E-state index contributed by atoms with van der Waals surface area (Å²) in [6.45, 7) is -0.298. The van der Waals surface area contributed by atoms with Gasteiger partial charge in [-0.25, -0.2) is 4.98 Å². The molecule has 32 heavy (non-hydrogen) atoms. The first kappa shape index (κ1) is 21.7. The number of rotatable bonds is 7. The third-order valence-corrected chi connectivity index (χ3v) is 5.36. The van der Waals surface area contributed by atoms with E-state index in [0.29, 0.717) is 16.6 Å². The number of aromatic nitrogens is 2. The van der Waals surface area contributed by atoms with Crippen LogP contribution < -0.4 is 15.8 Å². The Morgan fingerprint density at radius 1 is 0.812 bits per heavy atom. The number of nitrogens with zero attached hydrogens (tertiary/aromatic N) is 3. The lowest BCUT2D eigenvalue weighted by Crippen LogP contribution is -2.44. The van der Waals surface area contributed by atoms with Crippen LogP contribution in [0.25, 0.3) is 11.8 Å². The Morgan fingerprint density at radius 2 is 1.38 bits per heavy atom. The molecule has 1 heterocycles. The average molecular weight is 440 g/mol. The Morgan fingerprint density at radius 3 is 1.91 bits per heavy atom. The predicted molar refractivity (Wildman–Crippen MR) is 135 cm³/mol. The van der Waals surface area contributed by atoms with E-state index in [4.69, 9.17) is 16.3 Å². The highest BCUT2D eigenvalue weighted by Gasteiger charge is 2.25. The van der Waals surface area contributed by atoms with Gasteiger partial charge in [-0.05, 0) is 35.2 Å². The lowest BCUT2D eigenvalue weighted by atomic mass is 9.55. The van der Waals surface area contributed by atoms with Gasteiger partial charge in [-0.1, -0.05) is 72.3 Å². The Bertz CT molecular complexity index is 1140. The minimum absolute atomic E-state index is 0.298. The van der Waals surface area contributed by atoms with Crippen LogP contribution in [0.1, 0.15) is 11.3 Å². The minimum atomic E-state index is -0.298. The Kier molecular flexibility index (Phi) is 6.88. The number of halogens is 1. The normalized spacial score (nSPS) is 11.2. The van der Waals surface area contributed by atoms with Gasteiger partial charge in [0.15, 0.2) is 5.15 Å². The second-order valence-corrected chi connectivity index (χ2v) is 7.86. The molecule has 0 atom stereocenters. The van der Waals surface area contributed by atoms with Crippen LogP contribution >= 0.6 is 11.6 Å². The Hall–Kier alpha value is -3.57. The molecule has 0 saturated heterocycles. The maximum atomic E-state index is 6.69. The summed E-state index contributed by atoms with van der Waals surface area (Å²) in [6.07, 6.45) is 5.04. The van der Waals surface area contributed by atoms with Gasteiger partial charge in [0, 0.05) is 43.8 Å². The number of anilines is 1. The lowest BCUT2D eigenvalue weighted by Gasteiger charge is -2.20. The molecule has 4 aromatic rings. The van der Waals surface area contributed by atoms with Gasteiger partial charge in [-0.2, -0.15) is 0 Å². The maximum Gasteiger partial charge on any atom is 0.426 e. The molecule has 0 fully saturated rings. The zero-order valence-corrected chi connectivity index (χ0v) is 18.8. The second-order valence-electron chi connectivity index (χ2n) is 7.50. The monoisotopic (exact) mass is 439 g/mol. The van der Waals surface area contributed by atoms with E-state index in [1.54, 1.807) is 12.4 Å². The maximum absolute atomic E-state index is 6.69. The summed E-state index contributed by atoms with van der Waals surface area (Å²) in [7, 11) is 4.03.